The summed E-state index contributed by atoms with van der Waals surface area (Å²) < 4.78 is 1.80. The number of hydrogen-bond donors (Lipinski definition) is 2. The fraction of sp³-hybridized carbons (Fsp3) is 0.360. The molecular weight excluding hydrogens is 452 g/mol. The lowest BCUT2D eigenvalue weighted by Crippen LogP contribution is -2.44. The molecule has 1 fully saturated rings. The molecule has 6 nitrogen and oxygen atoms in total. The maximum atomic E-state index is 13.0. The average molecular weight is 483 g/mol. The van der Waals surface area contributed by atoms with Crippen LogP contribution >= 0.6 is 23.5 Å². The molecule has 1 saturated heterocycles. The highest BCUT2D eigenvalue weighted by Crippen LogP contribution is 2.31. The molecule has 0 unspecified atom stereocenters. The van der Waals surface area contributed by atoms with Crippen LogP contribution < -0.4 is 16.2 Å². The lowest BCUT2D eigenvalue weighted by Gasteiger charge is -2.33. The van der Waals surface area contributed by atoms with Crippen LogP contribution in [0.1, 0.15) is 28.8 Å². The van der Waals surface area contributed by atoms with Crippen molar-refractivity contribution >= 4 is 40.3 Å². The van der Waals surface area contributed by atoms with Crippen molar-refractivity contribution < 1.29 is 4.79 Å². The predicted octanol–water partition coefficient (Wildman–Crippen LogP) is 4.03. The van der Waals surface area contributed by atoms with Crippen LogP contribution in [-0.2, 0) is 6.67 Å². The van der Waals surface area contributed by atoms with Gasteiger partial charge in [0, 0.05) is 54.0 Å². The van der Waals surface area contributed by atoms with Gasteiger partial charge in [0.05, 0.1) is 17.7 Å². The first-order valence-electron chi connectivity index (χ1n) is 11.1. The van der Waals surface area contributed by atoms with Crippen LogP contribution in [0.25, 0.3) is 10.9 Å². The maximum Gasteiger partial charge on any atom is 0.252 e. The minimum Gasteiger partial charge on any atom is -0.355 e. The Morgan fingerprint density at radius 3 is 2.79 bits per heavy atom. The second kappa shape index (κ2) is 10.8. The molecule has 1 aromatic carbocycles. The number of rotatable bonds is 6. The molecule has 4 rings (SSSR count). The van der Waals surface area contributed by atoms with Gasteiger partial charge in [-0.05, 0) is 48.3 Å². The van der Waals surface area contributed by atoms with E-state index in [4.69, 9.17) is 0 Å². The number of piperidine rings is 1. The first kappa shape index (κ1) is 23.9. The minimum absolute atomic E-state index is 0.143. The number of amides is 1. The van der Waals surface area contributed by atoms with Crippen LogP contribution in [0, 0.1) is 6.92 Å². The van der Waals surface area contributed by atoms with Crippen molar-refractivity contribution in [2.24, 2.45) is 0 Å². The molecule has 3 heterocycles. The number of hydrogen-bond acceptors (Lipinski definition) is 6. The molecule has 0 saturated carbocycles. The van der Waals surface area contributed by atoms with Crippen molar-refractivity contribution in [1.82, 2.24) is 20.1 Å². The molecule has 0 bridgehead atoms. The largest absolute Gasteiger partial charge is 0.355 e. The van der Waals surface area contributed by atoms with Gasteiger partial charge < -0.3 is 10.6 Å². The number of likely N-dealkylation sites (tertiary alicyclic amines) is 1. The molecule has 0 atom stereocenters. The van der Waals surface area contributed by atoms with Crippen LogP contribution in [0.4, 0.5) is 0 Å². The van der Waals surface area contributed by atoms with Gasteiger partial charge in [0.25, 0.3) is 11.5 Å². The van der Waals surface area contributed by atoms with E-state index in [0.717, 1.165) is 53.8 Å². The summed E-state index contributed by atoms with van der Waals surface area (Å²) in [7, 11) is 1.59. The third-order valence-corrected chi connectivity index (χ3v) is 7.81. The highest BCUT2D eigenvalue weighted by atomic mass is 32.2. The van der Waals surface area contributed by atoms with Crippen LogP contribution in [-0.4, -0.2) is 48.1 Å². The zero-order valence-electron chi connectivity index (χ0n) is 19.1. The highest BCUT2D eigenvalue weighted by molar-refractivity contribution is 8.10. The molecule has 0 radical (unpaired) electrons. The van der Waals surface area contributed by atoms with Crippen LogP contribution in [0.3, 0.4) is 0 Å². The molecule has 0 spiro atoms. The number of thioether (sulfide) groups is 2. The van der Waals surface area contributed by atoms with Gasteiger partial charge in [-0.1, -0.05) is 30.5 Å². The van der Waals surface area contributed by atoms with Gasteiger partial charge in [0.1, 0.15) is 0 Å². The fourth-order valence-electron chi connectivity index (χ4n) is 4.22. The molecule has 2 aliphatic heterocycles. The maximum absolute atomic E-state index is 13.0. The van der Waals surface area contributed by atoms with Crippen molar-refractivity contribution in [2.75, 3.05) is 26.7 Å². The Hall–Kier alpha value is -2.26. The predicted molar refractivity (Wildman–Crippen MR) is 140 cm³/mol. The number of pyridine rings is 1. The molecule has 8 heteroatoms. The number of nitrogens with one attached hydrogen (secondary N) is 2. The van der Waals surface area contributed by atoms with E-state index >= 15 is 0 Å². The molecule has 174 valence electrons. The molecule has 2 aromatic rings. The second-order valence-electron chi connectivity index (χ2n) is 8.43. The Morgan fingerprint density at radius 1 is 1.24 bits per heavy atom. The molecule has 0 aliphatic carbocycles. The van der Waals surface area contributed by atoms with E-state index < -0.39 is 0 Å². The van der Waals surface area contributed by atoms with Gasteiger partial charge in [-0.3, -0.25) is 19.1 Å². The van der Waals surface area contributed by atoms with E-state index in [0.29, 0.717) is 18.3 Å². The number of carbonyl (C=O) groups excluding carboxylic acids is 1. The minimum atomic E-state index is -0.236. The summed E-state index contributed by atoms with van der Waals surface area (Å²) in [6.45, 7) is 9.29. The Kier molecular flexibility index (Phi) is 7.80. The summed E-state index contributed by atoms with van der Waals surface area (Å²) in [4.78, 5) is 30.0. The Bertz CT molecular complexity index is 1180. The lowest BCUT2D eigenvalue weighted by molar-refractivity contribution is 0.0964. The summed E-state index contributed by atoms with van der Waals surface area (Å²) in [6, 6.07) is 7.83. The van der Waals surface area contributed by atoms with E-state index in [2.05, 4.69) is 32.9 Å². The van der Waals surface area contributed by atoms with Gasteiger partial charge in [-0.25, -0.2) is 0 Å². The van der Waals surface area contributed by atoms with Crippen molar-refractivity contribution in [2.45, 2.75) is 32.5 Å². The molecular formula is C25H30N4O2S2. The summed E-state index contributed by atoms with van der Waals surface area (Å²) in [5.41, 5.74) is 2.16. The fourth-order valence-corrected chi connectivity index (χ4v) is 5.85. The normalized spacial score (nSPS) is 17.8. The summed E-state index contributed by atoms with van der Waals surface area (Å²) >= 11 is 3.42. The van der Waals surface area contributed by atoms with Gasteiger partial charge in [0.15, 0.2) is 0 Å². The zero-order chi connectivity index (χ0) is 23.4. The van der Waals surface area contributed by atoms with Gasteiger partial charge in [0.2, 0.25) is 0 Å². The van der Waals surface area contributed by atoms with Gasteiger partial charge >= 0.3 is 0 Å². The molecule has 2 N–H and O–H groups in total. The highest BCUT2D eigenvalue weighted by Gasteiger charge is 2.21. The third-order valence-electron chi connectivity index (χ3n) is 6.03. The summed E-state index contributed by atoms with van der Waals surface area (Å²) in [5.74, 6) is -0.236. The van der Waals surface area contributed by atoms with E-state index in [1.807, 2.05) is 31.2 Å². The topological polar surface area (TPSA) is 66.4 Å². The Labute approximate surface area is 203 Å². The standard InChI is InChI=1S/C25H30N4O2S2/c1-17-4-5-21-22(25(31)26-3)13-24(30)29(23(21)12-17)16-28-9-6-19(7-10-28)27-14-20-15-32-11-8-18(2)33-20/h4-5,8,11-13,15,19,27H,2,6-7,9-10,14,16H2,1,3H3,(H,26,31). The number of aromatic nitrogens is 1. The lowest BCUT2D eigenvalue weighted by atomic mass is 10.0. The molecule has 1 amide bonds. The number of aryl methyl sites for hydroxylation is 1. The number of benzene rings is 1. The third kappa shape index (κ3) is 5.81. The summed E-state index contributed by atoms with van der Waals surface area (Å²) in [5, 5.41) is 11.4. The number of nitrogens with zero attached hydrogens (tertiary/aromatic N) is 2. The number of carbonyl (C=O) groups is 1. The molecule has 2 aliphatic rings. The van der Waals surface area contributed by atoms with Crippen molar-refractivity contribution in [3.8, 4) is 0 Å². The van der Waals surface area contributed by atoms with Crippen molar-refractivity contribution in [1.29, 1.82) is 0 Å². The monoisotopic (exact) mass is 482 g/mol. The first-order chi connectivity index (χ1) is 15.9. The van der Waals surface area contributed by atoms with Crippen LogP contribution in [0.5, 0.6) is 0 Å². The second-order valence-corrected chi connectivity index (χ2v) is 10.5. The van der Waals surface area contributed by atoms with E-state index in [-0.39, 0.29) is 11.5 Å². The Morgan fingerprint density at radius 2 is 2.03 bits per heavy atom. The molecule has 33 heavy (non-hydrogen) atoms. The Balaban J connectivity index is 1.42. The smallest absolute Gasteiger partial charge is 0.252 e. The van der Waals surface area contributed by atoms with Gasteiger partial charge in [-0.15, -0.1) is 11.8 Å². The molecule has 1 aromatic heterocycles. The van der Waals surface area contributed by atoms with E-state index in [1.165, 1.54) is 11.0 Å². The number of fused-ring (bicyclic) bond motifs is 1. The number of allylic oxidation sites excluding steroid dienone is 1. The average Bonchev–Trinajstić information content (AvgIpc) is 3.03. The zero-order valence-corrected chi connectivity index (χ0v) is 20.7. The van der Waals surface area contributed by atoms with Crippen molar-refractivity contribution in [3.63, 3.8) is 0 Å². The van der Waals surface area contributed by atoms with Crippen molar-refractivity contribution in [3.05, 3.63) is 79.0 Å². The van der Waals surface area contributed by atoms with Gasteiger partial charge in [-0.2, -0.15) is 0 Å². The van der Waals surface area contributed by atoms with Crippen LogP contribution in [0.15, 0.2) is 62.3 Å². The summed E-state index contributed by atoms with van der Waals surface area (Å²) in [6.07, 6.45) is 4.12. The van der Waals surface area contributed by atoms with E-state index in [1.54, 1.807) is 35.1 Å². The van der Waals surface area contributed by atoms with Crippen LogP contribution in [0.2, 0.25) is 0 Å². The van der Waals surface area contributed by atoms with E-state index in [9.17, 15) is 9.59 Å². The first-order valence-corrected chi connectivity index (χ1v) is 12.9. The quantitative estimate of drug-likeness (QED) is 0.648. The SMILES string of the molecule is C=C1C=CSC=C(CNC2CCN(Cn3c(=O)cc(C(=O)NC)c4ccc(C)cc43)CC2)S1.